The largest absolute Gasteiger partial charge is 0.497 e. The van der Waals surface area contributed by atoms with Crippen molar-refractivity contribution in [3.8, 4) is 5.75 Å². The molecule has 0 bridgehead atoms. The molecule has 0 aliphatic carbocycles. The summed E-state index contributed by atoms with van der Waals surface area (Å²) in [5.74, 6) is 0.454. The van der Waals surface area contributed by atoms with Crippen LogP contribution in [0.1, 0.15) is 42.9 Å². The van der Waals surface area contributed by atoms with Gasteiger partial charge in [0.1, 0.15) is 5.75 Å². The summed E-state index contributed by atoms with van der Waals surface area (Å²) in [6, 6.07) is 21.3. The fraction of sp³-hybridized carbons (Fsp3) is 0.394. The summed E-state index contributed by atoms with van der Waals surface area (Å²) in [5.41, 5.74) is 3.74. The fourth-order valence-corrected chi connectivity index (χ4v) is 6.95. The zero-order valence-electron chi connectivity index (χ0n) is 25.5. The van der Waals surface area contributed by atoms with E-state index in [0.717, 1.165) is 22.4 Å². The minimum atomic E-state index is -3.85. The van der Waals surface area contributed by atoms with Crippen LogP contribution in [-0.2, 0) is 21.4 Å². The van der Waals surface area contributed by atoms with Crippen LogP contribution in [0.5, 0.6) is 5.75 Å². The van der Waals surface area contributed by atoms with Crippen LogP contribution in [0.4, 0.5) is 10.5 Å². The molecule has 43 heavy (non-hydrogen) atoms. The maximum absolute atomic E-state index is 14.0. The molecule has 0 unspecified atom stereocenters. The summed E-state index contributed by atoms with van der Waals surface area (Å²) >= 11 is 0. The summed E-state index contributed by atoms with van der Waals surface area (Å²) in [5, 5.41) is 3.06. The number of ether oxygens (including phenoxy) is 1. The average molecular weight is 607 g/mol. The van der Waals surface area contributed by atoms with Gasteiger partial charge in [-0.1, -0.05) is 55.5 Å². The van der Waals surface area contributed by atoms with Crippen molar-refractivity contribution in [2.45, 2.75) is 57.5 Å². The van der Waals surface area contributed by atoms with Crippen molar-refractivity contribution in [2.24, 2.45) is 0 Å². The third-order valence-corrected chi connectivity index (χ3v) is 9.76. The molecule has 9 nitrogen and oxygen atoms in total. The second-order valence-corrected chi connectivity index (χ2v) is 12.9. The van der Waals surface area contributed by atoms with Crippen molar-refractivity contribution in [3.63, 3.8) is 0 Å². The quantitative estimate of drug-likeness (QED) is 0.314. The highest BCUT2D eigenvalue weighted by Gasteiger charge is 2.33. The first-order valence-electron chi connectivity index (χ1n) is 14.7. The van der Waals surface area contributed by atoms with E-state index in [1.165, 1.54) is 4.31 Å². The summed E-state index contributed by atoms with van der Waals surface area (Å²) in [6.07, 6.45) is 1.74. The molecule has 4 rings (SSSR count). The Labute approximate surface area is 255 Å². The molecule has 1 aliphatic rings. The highest BCUT2D eigenvalue weighted by Crippen LogP contribution is 2.25. The van der Waals surface area contributed by atoms with E-state index < -0.39 is 10.0 Å². The lowest BCUT2D eigenvalue weighted by Crippen LogP contribution is -2.52. The summed E-state index contributed by atoms with van der Waals surface area (Å²) in [6.45, 7) is 7.10. The van der Waals surface area contributed by atoms with E-state index in [2.05, 4.69) is 5.32 Å². The number of nitrogens with zero attached hydrogens (tertiary/aromatic N) is 3. The molecular formula is C33H42N4O5S. The molecule has 0 saturated carbocycles. The third-order valence-electron chi connectivity index (χ3n) is 7.90. The Hall–Kier alpha value is -3.89. The molecule has 0 spiro atoms. The number of sulfonamides is 1. The van der Waals surface area contributed by atoms with Crippen molar-refractivity contribution < 1.29 is 22.7 Å². The maximum atomic E-state index is 14.0. The SMILES string of the molecule is CCCN(CC(=O)N(Cc1ccc(OC)cc1)C1CCN(C(=O)Nc2c(C)cccc2C)CC1)S(=O)(=O)c1ccccc1. The number of hydrogen-bond donors (Lipinski definition) is 1. The van der Waals surface area contributed by atoms with Crippen molar-refractivity contribution in [3.05, 3.63) is 89.5 Å². The first-order chi connectivity index (χ1) is 20.6. The fourth-order valence-electron chi connectivity index (χ4n) is 5.44. The van der Waals surface area contributed by atoms with E-state index >= 15 is 0 Å². The number of rotatable bonds is 11. The number of amides is 3. The number of aryl methyl sites for hydroxylation is 2. The molecule has 3 aromatic carbocycles. The van der Waals surface area contributed by atoms with E-state index in [4.69, 9.17) is 4.74 Å². The number of carbonyl (C=O) groups is 2. The smallest absolute Gasteiger partial charge is 0.321 e. The number of methoxy groups -OCH3 is 1. The van der Waals surface area contributed by atoms with Crippen LogP contribution in [-0.4, -0.2) is 73.8 Å². The van der Waals surface area contributed by atoms with Gasteiger partial charge in [0.05, 0.1) is 18.6 Å². The van der Waals surface area contributed by atoms with Crippen LogP contribution >= 0.6 is 0 Å². The molecule has 0 radical (unpaired) electrons. The van der Waals surface area contributed by atoms with Gasteiger partial charge in [0, 0.05) is 37.9 Å². The molecule has 0 atom stereocenters. The summed E-state index contributed by atoms with van der Waals surface area (Å²) in [7, 11) is -2.25. The first-order valence-corrected chi connectivity index (χ1v) is 16.2. The Morgan fingerprint density at radius 1 is 0.930 bits per heavy atom. The second kappa shape index (κ2) is 14.5. The predicted octanol–water partition coefficient (Wildman–Crippen LogP) is 5.44. The molecule has 1 aliphatic heterocycles. The van der Waals surface area contributed by atoms with Gasteiger partial charge in [-0.3, -0.25) is 4.79 Å². The van der Waals surface area contributed by atoms with E-state index in [0.29, 0.717) is 44.6 Å². The van der Waals surface area contributed by atoms with Gasteiger partial charge in [0.15, 0.2) is 0 Å². The van der Waals surface area contributed by atoms with Crippen LogP contribution in [0, 0.1) is 13.8 Å². The number of anilines is 1. The number of hydrogen-bond acceptors (Lipinski definition) is 5. The highest BCUT2D eigenvalue weighted by atomic mass is 32.2. The molecule has 3 amide bonds. The zero-order valence-corrected chi connectivity index (χ0v) is 26.3. The van der Waals surface area contributed by atoms with Crippen molar-refractivity contribution in [1.82, 2.24) is 14.1 Å². The minimum Gasteiger partial charge on any atom is -0.497 e. The van der Waals surface area contributed by atoms with Gasteiger partial charge in [0.2, 0.25) is 15.9 Å². The molecular weight excluding hydrogens is 564 g/mol. The number of nitrogens with one attached hydrogen (secondary N) is 1. The molecule has 3 aromatic rings. The number of benzene rings is 3. The molecule has 0 aromatic heterocycles. The van der Waals surface area contributed by atoms with Gasteiger partial charge in [-0.05, 0) is 74.1 Å². The lowest BCUT2D eigenvalue weighted by molar-refractivity contribution is -0.135. The number of urea groups is 1. The zero-order chi connectivity index (χ0) is 31.0. The van der Waals surface area contributed by atoms with E-state index in [9.17, 15) is 18.0 Å². The maximum Gasteiger partial charge on any atom is 0.321 e. The Bertz CT molecular complexity index is 1470. The number of para-hydroxylation sites is 1. The molecule has 230 valence electrons. The Kier molecular flexibility index (Phi) is 10.8. The van der Waals surface area contributed by atoms with Crippen molar-refractivity contribution in [1.29, 1.82) is 0 Å². The van der Waals surface area contributed by atoms with Gasteiger partial charge in [-0.15, -0.1) is 0 Å². The highest BCUT2D eigenvalue weighted by molar-refractivity contribution is 7.89. The average Bonchev–Trinajstić information content (AvgIpc) is 3.02. The second-order valence-electron chi connectivity index (χ2n) is 10.9. The van der Waals surface area contributed by atoms with Crippen LogP contribution in [0.15, 0.2) is 77.7 Å². The van der Waals surface area contributed by atoms with Gasteiger partial charge in [-0.25, -0.2) is 13.2 Å². The van der Waals surface area contributed by atoms with Gasteiger partial charge < -0.3 is 19.9 Å². The Balaban J connectivity index is 1.51. The monoisotopic (exact) mass is 606 g/mol. The number of likely N-dealkylation sites (tertiary alicyclic amines) is 1. The van der Waals surface area contributed by atoms with Crippen LogP contribution in [0.3, 0.4) is 0 Å². The molecule has 1 fully saturated rings. The standard InChI is InChI=1S/C33H42N4O5S/c1-5-20-36(43(40,41)30-12-7-6-8-13-30)24-31(38)37(23-27-14-16-29(42-4)17-15-27)28-18-21-35(22-19-28)33(39)34-32-25(2)10-9-11-26(32)3/h6-17,28H,5,18-24H2,1-4H3,(H,34,39). The lowest BCUT2D eigenvalue weighted by atomic mass is 10.0. The third kappa shape index (κ3) is 7.94. The number of piperidine rings is 1. The topological polar surface area (TPSA) is 99.3 Å². The van der Waals surface area contributed by atoms with E-state index in [-0.39, 0.29) is 36.0 Å². The predicted molar refractivity (Wildman–Crippen MR) is 169 cm³/mol. The van der Waals surface area contributed by atoms with Crippen LogP contribution in [0.25, 0.3) is 0 Å². The summed E-state index contributed by atoms with van der Waals surface area (Å²) in [4.78, 5) is 30.8. The van der Waals surface area contributed by atoms with Crippen LogP contribution < -0.4 is 10.1 Å². The Morgan fingerprint density at radius 3 is 2.14 bits per heavy atom. The van der Waals surface area contributed by atoms with Crippen LogP contribution in [0.2, 0.25) is 0 Å². The Morgan fingerprint density at radius 2 is 1.56 bits per heavy atom. The molecule has 1 N–H and O–H groups in total. The summed E-state index contributed by atoms with van der Waals surface area (Å²) < 4.78 is 33.6. The van der Waals surface area contributed by atoms with E-state index in [1.54, 1.807) is 47.2 Å². The minimum absolute atomic E-state index is 0.151. The molecule has 10 heteroatoms. The normalized spacial score (nSPS) is 14.0. The van der Waals surface area contributed by atoms with Crippen molar-refractivity contribution >= 4 is 27.6 Å². The number of carbonyl (C=O) groups excluding carboxylic acids is 2. The molecule has 1 saturated heterocycles. The lowest BCUT2D eigenvalue weighted by Gasteiger charge is -2.39. The van der Waals surface area contributed by atoms with E-state index in [1.807, 2.05) is 63.2 Å². The molecule has 1 heterocycles. The van der Waals surface area contributed by atoms with Crippen molar-refractivity contribution in [2.75, 3.05) is 38.6 Å². The van der Waals surface area contributed by atoms with Gasteiger partial charge in [0.25, 0.3) is 0 Å². The van der Waals surface area contributed by atoms with Gasteiger partial charge >= 0.3 is 6.03 Å². The first kappa shape index (κ1) is 32.0. The van der Waals surface area contributed by atoms with Gasteiger partial charge in [-0.2, -0.15) is 4.31 Å².